The molecule has 0 radical (unpaired) electrons. The van der Waals surface area contributed by atoms with Gasteiger partial charge in [-0.05, 0) is 18.2 Å². The third-order valence-electron chi connectivity index (χ3n) is 3.50. The molecule has 3 aromatic rings. The van der Waals surface area contributed by atoms with Crippen LogP contribution in [-0.4, -0.2) is 32.4 Å². The molecule has 2 heterocycles. The minimum atomic E-state index is -4.50. The Balaban J connectivity index is 2.09. The lowest BCUT2D eigenvalue weighted by molar-refractivity contribution is -0.141. The lowest BCUT2D eigenvalue weighted by atomic mass is 10.2. The van der Waals surface area contributed by atoms with Crippen LogP contribution in [-0.2, 0) is 22.3 Å². The van der Waals surface area contributed by atoms with Gasteiger partial charge in [-0.25, -0.2) is 9.67 Å². The van der Waals surface area contributed by atoms with E-state index in [2.05, 4.69) is 14.8 Å². The van der Waals surface area contributed by atoms with E-state index in [1.54, 1.807) is 0 Å². The van der Waals surface area contributed by atoms with Crippen molar-refractivity contribution in [2.45, 2.75) is 12.7 Å². The van der Waals surface area contributed by atoms with Crippen molar-refractivity contribution in [1.82, 2.24) is 19.3 Å². The molecule has 0 unspecified atom stereocenters. The number of nitrogens with zero attached hydrogens (tertiary/aromatic N) is 4. The van der Waals surface area contributed by atoms with Gasteiger partial charge in [0, 0.05) is 0 Å². The second-order valence-corrected chi connectivity index (χ2v) is 5.10. The largest absolute Gasteiger partial charge is 0.468 e. The van der Waals surface area contributed by atoms with Gasteiger partial charge in [0.1, 0.15) is 18.3 Å². The summed E-state index contributed by atoms with van der Waals surface area (Å²) in [6.07, 6.45) is -2.19. The number of benzene rings is 1. The zero-order valence-electron chi connectivity index (χ0n) is 12.8. The van der Waals surface area contributed by atoms with E-state index in [1.807, 2.05) is 0 Å². The van der Waals surface area contributed by atoms with Gasteiger partial charge < -0.3 is 4.74 Å². The van der Waals surface area contributed by atoms with Crippen LogP contribution in [0.2, 0.25) is 0 Å². The van der Waals surface area contributed by atoms with Crippen molar-refractivity contribution in [2.24, 2.45) is 0 Å². The average Bonchev–Trinajstić information content (AvgIpc) is 3.01. The predicted octanol–water partition coefficient (Wildman–Crippen LogP) is 1.77. The lowest BCUT2D eigenvalue weighted by Gasteiger charge is -2.09. The summed E-state index contributed by atoms with van der Waals surface area (Å²) < 4.78 is 45.2. The third kappa shape index (κ3) is 3.10. The number of alkyl halides is 3. The van der Waals surface area contributed by atoms with E-state index < -0.39 is 23.3 Å². The van der Waals surface area contributed by atoms with Crippen molar-refractivity contribution in [1.29, 1.82) is 0 Å². The maximum absolute atomic E-state index is 12.9. The molecule has 1 aromatic carbocycles. The standard InChI is InChI=1S/C15H11F3N4O3/c1-25-12(23)7-21-8-19-13-11(14(21)24)6-20-22(13)10-4-2-3-9(5-10)15(16,17)18/h2-6,8H,7H2,1H3. The van der Waals surface area contributed by atoms with Crippen molar-refractivity contribution in [3.05, 3.63) is 52.7 Å². The fourth-order valence-corrected chi connectivity index (χ4v) is 2.27. The van der Waals surface area contributed by atoms with E-state index in [-0.39, 0.29) is 23.3 Å². The Labute approximate surface area is 138 Å². The number of aromatic nitrogens is 4. The Morgan fingerprint density at radius 1 is 1.32 bits per heavy atom. The average molecular weight is 352 g/mol. The zero-order chi connectivity index (χ0) is 18.2. The van der Waals surface area contributed by atoms with Crippen LogP contribution in [0.5, 0.6) is 0 Å². The number of ether oxygens (including phenoxy) is 1. The number of hydrogen-bond donors (Lipinski definition) is 0. The number of methoxy groups -OCH3 is 1. The maximum Gasteiger partial charge on any atom is 0.416 e. The van der Waals surface area contributed by atoms with Gasteiger partial charge in [0.05, 0.1) is 24.6 Å². The summed E-state index contributed by atoms with van der Waals surface area (Å²) in [4.78, 5) is 27.7. The van der Waals surface area contributed by atoms with Gasteiger partial charge in [0.15, 0.2) is 5.65 Å². The number of halogens is 3. The third-order valence-corrected chi connectivity index (χ3v) is 3.50. The van der Waals surface area contributed by atoms with Crippen molar-refractivity contribution in [3.8, 4) is 5.69 Å². The normalized spacial score (nSPS) is 11.7. The van der Waals surface area contributed by atoms with Crippen molar-refractivity contribution in [2.75, 3.05) is 7.11 Å². The summed E-state index contributed by atoms with van der Waals surface area (Å²) in [7, 11) is 1.19. The molecule has 3 rings (SSSR count). The first-order chi connectivity index (χ1) is 11.8. The Bertz CT molecular complexity index is 1010. The second-order valence-electron chi connectivity index (χ2n) is 5.10. The molecule has 0 aliphatic carbocycles. The SMILES string of the molecule is COC(=O)Cn1cnc2c(cnn2-c2cccc(C(F)(F)F)c2)c1=O. The highest BCUT2D eigenvalue weighted by Crippen LogP contribution is 2.30. The molecule has 25 heavy (non-hydrogen) atoms. The van der Waals surface area contributed by atoms with Crippen LogP contribution in [0.3, 0.4) is 0 Å². The summed E-state index contributed by atoms with van der Waals surface area (Å²) in [5.41, 5.74) is -1.19. The van der Waals surface area contributed by atoms with E-state index in [4.69, 9.17) is 0 Å². The van der Waals surface area contributed by atoms with Crippen LogP contribution < -0.4 is 5.56 Å². The Hall–Kier alpha value is -3.17. The summed E-state index contributed by atoms with van der Waals surface area (Å²) in [6, 6.07) is 4.51. The molecule has 0 amide bonds. The first-order valence-electron chi connectivity index (χ1n) is 6.99. The van der Waals surface area contributed by atoms with Gasteiger partial charge in [-0.1, -0.05) is 6.07 Å². The van der Waals surface area contributed by atoms with Gasteiger partial charge in [-0.3, -0.25) is 14.2 Å². The van der Waals surface area contributed by atoms with Gasteiger partial charge in [0.25, 0.3) is 5.56 Å². The highest BCUT2D eigenvalue weighted by molar-refractivity contribution is 5.75. The molecule has 2 aromatic heterocycles. The minimum Gasteiger partial charge on any atom is -0.468 e. The maximum atomic E-state index is 12.9. The second kappa shape index (κ2) is 6.04. The Morgan fingerprint density at radius 2 is 2.08 bits per heavy atom. The highest BCUT2D eigenvalue weighted by Gasteiger charge is 2.30. The van der Waals surface area contributed by atoms with Gasteiger partial charge in [-0.15, -0.1) is 0 Å². The number of carbonyl (C=O) groups excluding carboxylic acids is 1. The first kappa shape index (κ1) is 16.7. The Morgan fingerprint density at radius 3 is 2.76 bits per heavy atom. The molecule has 10 heteroatoms. The summed E-state index contributed by atoms with van der Waals surface area (Å²) in [6.45, 7) is -0.326. The van der Waals surface area contributed by atoms with Crippen LogP contribution in [0.4, 0.5) is 13.2 Å². The zero-order valence-corrected chi connectivity index (χ0v) is 12.8. The fourth-order valence-electron chi connectivity index (χ4n) is 2.27. The van der Waals surface area contributed by atoms with Crippen LogP contribution >= 0.6 is 0 Å². The van der Waals surface area contributed by atoms with E-state index in [0.29, 0.717) is 0 Å². The molecule has 0 atom stereocenters. The molecular weight excluding hydrogens is 341 g/mol. The van der Waals surface area contributed by atoms with Gasteiger partial charge in [-0.2, -0.15) is 18.3 Å². The molecule has 0 aliphatic rings. The molecule has 0 fully saturated rings. The van der Waals surface area contributed by atoms with Crippen LogP contribution in [0, 0.1) is 0 Å². The molecule has 0 bridgehead atoms. The molecule has 0 saturated carbocycles. The lowest BCUT2D eigenvalue weighted by Crippen LogP contribution is -2.25. The molecule has 7 nitrogen and oxygen atoms in total. The molecule has 0 N–H and O–H groups in total. The topological polar surface area (TPSA) is 79.0 Å². The summed E-state index contributed by atoms with van der Waals surface area (Å²) in [5, 5.41) is 4.02. The number of esters is 1. The molecule has 0 saturated heterocycles. The van der Waals surface area contributed by atoms with Gasteiger partial charge >= 0.3 is 12.1 Å². The van der Waals surface area contributed by atoms with Crippen molar-refractivity contribution in [3.63, 3.8) is 0 Å². The predicted molar refractivity (Wildman–Crippen MR) is 80.1 cm³/mol. The van der Waals surface area contributed by atoms with Crippen molar-refractivity contribution < 1.29 is 22.7 Å². The summed E-state index contributed by atoms with van der Waals surface area (Å²) in [5.74, 6) is -0.631. The number of carbonyl (C=O) groups is 1. The number of fused-ring (bicyclic) bond motifs is 1. The number of hydrogen-bond acceptors (Lipinski definition) is 5. The highest BCUT2D eigenvalue weighted by atomic mass is 19.4. The summed E-state index contributed by atoms with van der Waals surface area (Å²) >= 11 is 0. The fraction of sp³-hybridized carbons (Fsp3) is 0.200. The Kier molecular flexibility index (Phi) is 4.03. The molecule has 0 aliphatic heterocycles. The van der Waals surface area contributed by atoms with E-state index in [1.165, 1.54) is 25.4 Å². The minimum absolute atomic E-state index is 0.0730. The smallest absolute Gasteiger partial charge is 0.416 e. The number of rotatable bonds is 3. The molecular formula is C15H11F3N4O3. The van der Waals surface area contributed by atoms with Gasteiger partial charge in [0.2, 0.25) is 0 Å². The van der Waals surface area contributed by atoms with Crippen LogP contribution in [0.1, 0.15) is 5.56 Å². The molecule has 130 valence electrons. The van der Waals surface area contributed by atoms with Crippen LogP contribution in [0.15, 0.2) is 41.6 Å². The monoisotopic (exact) mass is 352 g/mol. The molecule has 0 spiro atoms. The van der Waals surface area contributed by atoms with E-state index in [0.717, 1.165) is 27.7 Å². The van der Waals surface area contributed by atoms with Crippen molar-refractivity contribution >= 4 is 17.0 Å². The van der Waals surface area contributed by atoms with E-state index in [9.17, 15) is 22.8 Å². The van der Waals surface area contributed by atoms with E-state index >= 15 is 0 Å². The van der Waals surface area contributed by atoms with Crippen LogP contribution in [0.25, 0.3) is 16.7 Å². The quantitative estimate of drug-likeness (QED) is 0.672. The first-order valence-corrected chi connectivity index (χ1v) is 6.99.